The van der Waals surface area contributed by atoms with Crippen LogP contribution in [0.1, 0.15) is 19.8 Å². The monoisotopic (exact) mass is 352 g/mol. The first-order valence-corrected chi connectivity index (χ1v) is 7.79. The van der Waals surface area contributed by atoms with Gasteiger partial charge in [-0.05, 0) is 43.9 Å². The van der Waals surface area contributed by atoms with Gasteiger partial charge in [-0.25, -0.2) is 0 Å². The largest absolute Gasteiger partial charge is 0.495 e. The maximum atomic E-state index is 12.8. The number of nitrogens with zero attached hydrogens (tertiary/aromatic N) is 1. The third-order valence-corrected chi connectivity index (χ3v) is 4.56. The Morgan fingerprint density at radius 2 is 2.05 bits per heavy atom. The molecule has 0 bridgehead atoms. The van der Waals surface area contributed by atoms with Crippen LogP contribution in [0.25, 0.3) is 0 Å². The summed E-state index contributed by atoms with van der Waals surface area (Å²) in [6, 6.07) is 4.50. The van der Waals surface area contributed by atoms with Gasteiger partial charge in [0.15, 0.2) is 0 Å². The van der Waals surface area contributed by atoms with E-state index in [4.69, 9.17) is 4.74 Å². The van der Waals surface area contributed by atoms with Crippen molar-refractivity contribution in [3.8, 4) is 5.75 Å². The molecule has 1 aromatic rings. The minimum absolute atomic E-state index is 0.0546. The quantitative estimate of drug-likeness (QED) is 0.905. The molecule has 2 amide bonds. The van der Waals surface area contributed by atoms with Gasteiger partial charge < -0.3 is 10.1 Å². The van der Waals surface area contributed by atoms with Crippen molar-refractivity contribution in [3.63, 3.8) is 0 Å². The van der Waals surface area contributed by atoms with E-state index in [2.05, 4.69) is 21.2 Å². The van der Waals surface area contributed by atoms with Crippen molar-refractivity contribution in [2.45, 2.75) is 31.8 Å². The van der Waals surface area contributed by atoms with E-state index >= 15 is 0 Å². The van der Waals surface area contributed by atoms with Crippen molar-refractivity contribution >= 4 is 33.4 Å². The number of amides is 2. The summed E-state index contributed by atoms with van der Waals surface area (Å²) in [7, 11) is 1.56. The maximum absolute atomic E-state index is 12.8. The van der Waals surface area contributed by atoms with Crippen molar-refractivity contribution in [2.24, 2.45) is 5.92 Å². The number of hydrogen-bond donors (Lipinski definition) is 1. The molecule has 2 aliphatic rings. The summed E-state index contributed by atoms with van der Waals surface area (Å²) in [6.45, 7) is 1.73. The topological polar surface area (TPSA) is 58.6 Å². The van der Waals surface area contributed by atoms with Crippen LogP contribution in [0.2, 0.25) is 0 Å². The van der Waals surface area contributed by atoms with Gasteiger partial charge in [-0.3, -0.25) is 14.5 Å². The first-order valence-electron chi connectivity index (χ1n) is 7.00. The first kappa shape index (κ1) is 14.4. The van der Waals surface area contributed by atoms with Crippen LogP contribution in [0.3, 0.4) is 0 Å². The Morgan fingerprint density at radius 1 is 1.33 bits per heavy atom. The van der Waals surface area contributed by atoms with Crippen molar-refractivity contribution in [1.29, 1.82) is 0 Å². The van der Waals surface area contributed by atoms with Crippen LogP contribution in [0.15, 0.2) is 22.7 Å². The second-order valence-electron chi connectivity index (χ2n) is 5.52. The summed E-state index contributed by atoms with van der Waals surface area (Å²) in [6.07, 6.45) is 1.99. The summed E-state index contributed by atoms with van der Waals surface area (Å²) in [5, 5.41) is 2.85. The highest BCUT2D eigenvalue weighted by molar-refractivity contribution is 9.10. The highest BCUT2D eigenvalue weighted by Crippen LogP contribution is 2.39. The Balaban J connectivity index is 2.03. The van der Waals surface area contributed by atoms with Crippen LogP contribution in [-0.4, -0.2) is 31.0 Å². The zero-order chi connectivity index (χ0) is 15.1. The van der Waals surface area contributed by atoms with Gasteiger partial charge in [0.1, 0.15) is 17.8 Å². The molecule has 1 aliphatic carbocycles. The van der Waals surface area contributed by atoms with Crippen molar-refractivity contribution in [1.82, 2.24) is 5.32 Å². The summed E-state index contributed by atoms with van der Waals surface area (Å²) in [4.78, 5) is 26.5. The van der Waals surface area contributed by atoms with Gasteiger partial charge >= 0.3 is 0 Å². The molecule has 1 saturated heterocycles. The highest BCUT2D eigenvalue weighted by Gasteiger charge is 2.46. The number of carbonyl (C=O) groups is 2. The first-order chi connectivity index (χ1) is 10.0. The number of rotatable bonds is 3. The molecule has 1 aromatic carbocycles. The molecule has 21 heavy (non-hydrogen) atoms. The fourth-order valence-corrected chi connectivity index (χ4v) is 3.07. The molecule has 0 radical (unpaired) electrons. The zero-order valence-electron chi connectivity index (χ0n) is 11.9. The number of nitrogens with one attached hydrogen (secondary N) is 1. The third-order valence-electron chi connectivity index (χ3n) is 4.06. The molecule has 2 fully saturated rings. The van der Waals surface area contributed by atoms with E-state index in [0.717, 1.165) is 17.3 Å². The minimum Gasteiger partial charge on any atom is -0.495 e. The van der Waals surface area contributed by atoms with Gasteiger partial charge in [0.25, 0.3) is 5.91 Å². The molecule has 112 valence electrons. The van der Waals surface area contributed by atoms with E-state index in [1.165, 1.54) is 0 Å². The molecule has 6 heteroatoms. The van der Waals surface area contributed by atoms with Crippen molar-refractivity contribution in [3.05, 3.63) is 22.7 Å². The Bertz CT molecular complexity index is 601. The lowest BCUT2D eigenvalue weighted by molar-refractivity contribution is -0.134. The van der Waals surface area contributed by atoms with Crippen LogP contribution in [0, 0.1) is 5.92 Å². The predicted octanol–water partition coefficient (Wildman–Crippen LogP) is 2.09. The molecule has 3 rings (SSSR count). The number of halogens is 1. The molecular weight excluding hydrogens is 336 g/mol. The predicted molar refractivity (Wildman–Crippen MR) is 82.3 cm³/mol. The van der Waals surface area contributed by atoms with E-state index in [1.54, 1.807) is 25.0 Å². The van der Waals surface area contributed by atoms with E-state index < -0.39 is 12.1 Å². The van der Waals surface area contributed by atoms with Crippen LogP contribution in [0.4, 0.5) is 5.69 Å². The van der Waals surface area contributed by atoms with Gasteiger partial charge in [-0.15, -0.1) is 0 Å². The molecule has 1 aliphatic heterocycles. The van der Waals surface area contributed by atoms with Gasteiger partial charge in [-0.2, -0.15) is 0 Å². The van der Waals surface area contributed by atoms with Crippen LogP contribution in [0.5, 0.6) is 5.75 Å². The van der Waals surface area contributed by atoms with Gasteiger partial charge in [-0.1, -0.05) is 15.9 Å². The number of methoxy groups -OCH3 is 1. The molecular formula is C15H17BrN2O3. The molecule has 1 heterocycles. The zero-order valence-corrected chi connectivity index (χ0v) is 13.5. The fraction of sp³-hybridized carbons (Fsp3) is 0.467. The molecule has 2 unspecified atom stereocenters. The fourth-order valence-electron chi connectivity index (χ4n) is 2.72. The summed E-state index contributed by atoms with van der Waals surface area (Å²) >= 11 is 3.41. The minimum atomic E-state index is -0.546. The number of benzene rings is 1. The average Bonchev–Trinajstić information content (AvgIpc) is 3.28. The van der Waals surface area contributed by atoms with E-state index in [9.17, 15) is 9.59 Å². The maximum Gasteiger partial charge on any atom is 0.250 e. The SMILES string of the molecule is COc1ccc(Br)cc1N1C(=O)C(C2CC2)NC(=O)C1C. The Labute approximate surface area is 131 Å². The molecule has 1 saturated carbocycles. The van der Waals surface area contributed by atoms with Crippen molar-refractivity contribution < 1.29 is 14.3 Å². The summed E-state index contributed by atoms with van der Waals surface area (Å²) in [5.41, 5.74) is 0.630. The smallest absolute Gasteiger partial charge is 0.250 e. The van der Waals surface area contributed by atoms with Crippen molar-refractivity contribution in [2.75, 3.05) is 12.0 Å². The lowest BCUT2D eigenvalue weighted by Gasteiger charge is -2.38. The standard InChI is InChI=1S/C15H17BrN2O3/c1-8-14(19)17-13(9-3-4-9)15(20)18(8)11-7-10(16)5-6-12(11)21-2/h5-9,13H,3-4H2,1-2H3,(H,17,19). The number of piperazine rings is 1. The van der Waals surface area contributed by atoms with Gasteiger partial charge in [0, 0.05) is 4.47 Å². The third kappa shape index (κ3) is 2.52. The van der Waals surface area contributed by atoms with E-state index in [1.807, 2.05) is 12.1 Å². The van der Waals surface area contributed by atoms with Gasteiger partial charge in [0.2, 0.25) is 5.91 Å². The molecule has 1 N–H and O–H groups in total. The molecule has 5 nitrogen and oxygen atoms in total. The lowest BCUT2D eigenvalue weighted by atomic mass is 10.0. The van der Waals surface area contributed by atoms with Crippen LogP contribution >= 0.6 is 15.9 Å². The van der Waals surface area contributed by atoms with Crippen LogP contribution in [-0.2, 0) is 9.59 Å². The molecule has 0 aromatic heterocycles. The average molecular weight is 353 g/mol. The number of carbonyl (C=O) groups excluding carboxylic acids is 2. The van der Waals surface area contributed by atoms with E-state index in [-0.39, 0.29) is 17.7 Å². The highest BCUT2D eigenvalue weighted by atomic mass is 79.9. The second-order valence-corrected chi connectivity index (χ2v) is 6.44. The van der Waals surface area contributed by atoms with Crippen LogP contribution < -0.4 is 15.0 Å². The van der Waals surface area contributed by atoms with Gasteiger partial charge in [0.05, 0.1) is 12.8 Å². The molecule has 2 atom stereocenters. The second kappa shape index (κ2) is 5.33. The Kier molecular flexibility index (Phi) is 3.65. The number of hydrogen-bond acceptors (Lipinski definition) is 3. The Morgan fingerprint density at radius 3 is 2.67 bits per heavy atom. The number of ether oxygens (including phenoxy) is 1. The van der Waals surface area contributed by atoms with E-state index in [0.29, 0.717) is 11.4 Å². The molecule has 0 spiro atoms. The number of anilines is 1. The summed E-state index contributed by atoms with van der Waals surface area (Å²) < 4.78 is 6.19. The summed E-state index contributed by atoms with van der Waals surface area (Å²) in [5.74, 6) is 0.687. The Hall–Kier alpha value is -1.56. The normalized spacial score (nSPS) is 25.8. The lowest BCUT2D eigenvalue weighted by Crippen LogP contribution is -2.63.